The maximum Gasteiger partial charge on any atom is 0.311 e. The van der Waals surface area contributed by atoms with Crippen molar-refractivity contribution >= 4 is 17.3 Å². The third kappa shape index (κ3) is 2.53. The van der Waals surface area contributed by atoms with E-state index < -0.39 is 4.92 Å². The summed E-state index contributed by atoms with van der Waals surface area (Å²) in [6.07, 6.45) is 0.958. The van der Waals surface area contributed by atoms with Gasteiger partial charge in [0.1, 0.15) is 5.82 Å². The second kappa shape index (κ2) is 5.24. The van der Waals surface area contributed by atoms with Crippen LogP contribution in [-0.2, 0) is 4.74 Å². The van der Waals surface area contributed by atoms with E-state index in [0.29, 0.717) is 6.61 Å². The predicted molar refractivity (Wildman–Crippen MR) is 76.5 cm³/mol. The van der Waals surface area contributed by atoms with Crippen LogP contribution in [0.5, 0.6) is 0 Å². The summed E-state index contributed by atoms with van der Waals surface area (Å²) in [5.41, 5.74) is 5.45. The zero-order valence-corrected chi connectivity index (χ0v) is 11.9. The van der Waals surface area contributed by atoms with Crippen LogP contribution in [-0.4, -0.2) is 28.7 Å². The molecule has 2 rings (SSSR count). The van der Waals surface area contributed by atoms with Gasteiger partial charge >= 0.3 is 5.69 Å². The highest BCUT2D eigenvalue weighted by molar-refractivity contribution is 5.60. The molecule has 1 heterocycles. The molecular weight excluding hydrogens is 260 g/mol. The lowest BCUT2D eigenvalue weighted by Gasteiger charge is -2.51. The van der Waals surface area contributed by atoms with E-state index >= 15 is 0 Å². The monoisotopic (exact) mass is 280 g/mol. The van der Waals surface area contributed by atoms with Crippen molar-refractivity contribution in [3.8, 4) is 0 Å². The first-order chi connectivity index (χ1) is 9.36. The van der Waals surface area contributed by atoms with E-state index in [9.17, 15) is 10.1 Å². The van der Waals surface area contributed by atoms with Crippen LogP contribution in [0.1, 0.15) is 27.2 Å². The summed E-state index contributed by atoms with van der Waals surface area (Å²) in [4.78, 5) is 14.6. The van der Waals surface area contributed by atoms with Crippen molar-refractivity contribution in [2.75, 3.05) is 17.7 Å². The lowest BCUT2D eigenvalue weighted by molar-refractivity contribution is -0.384. The lowest BCUT2D eigenvalue weighted by Crippen LogP contribution is -2.58. The van der Waals surface area contributed by atoms with Gasteiger partial charge in [0.15, 0.2) is 0 Å². The Balaban J connectivity index is 2.16. The molecule has 0 aromatic carbocycles. The van der Waals surface area contributed by atoms with E-state index in [-0.39, 0.29) is 34.9 Å². The van der Waals surface area contributed by atoms with Crippen molar-refractivity contribution < 1.29 is 9.66 Å². The van der Waals surface area contributed by atoms with E-state index in [1.165, 1.54) is 12.1 Å². The fraction of sp³-hybridized carbons (Fsp3) is 0.615. The molecule has 0 radical (unpaired) electrons. The van der Waals surface area contributed by atoms with Crippen LogP contribution in [0, 0.1) is 15.5 Å². The molecule has 0 spiro atoms. The summed E-state index contributed by atoms with van der Waals surface area (Å²) < 4.78 is 5.64. The Morgan fingerprint density at radius 3 is 2.85 bits per heavy atom. The Bertz CT molecular complexity index is 518. The molecule has 0 aliphatic heterocycles. The minimum absolute atomic E-state index is 0.0603. The van der Waals surface area contributed by atoms with E-state index in [1.807, 2.05) is 6.92 Å². The Morgan fingerprint density at radius 1 is 1.60 bits per heavy atom. The smallest absolute Gasteiger partial charge is 0.311 e. The molecule has 1 aliphatic rings. The molecule has 1 aromatic heterocycles. The van der Waals surface area contributed by atoms with Crippen molar-refractivity contribution in [2.45, 2.75) is 39.3 Å². The molecule has 0 amide bonds. The molecule has 7 nitrogen and oxygen atoms in total. The zero-order chi connectivity index (χ0) is 14.9. The van der Waals surface area contributed by atoms with Crippen molar-refractivity contribution in [3.05, 3.63) is 22.2 Å². The van der Waals surface area contributed by atoms with Gasteiger partial charge in [-0.05, 0) is 19.4 Å². The van der Waals surface area contributed by atoms with Crippen LogP contribution in [0.3, 0.4) is 0 Å². The number of hydrogen-bond acceptors (Lipinski definition) is 6. The number of nitro groups is 1. The highest BCUT2D eigenvalue weighted by Crippen LogP contribution is 2.44. The lowest BCUT2D eigenvalue weighted by atomic mass is 9.64. The third-order valence-electron chi connectivity index (χ3n) is 3.95. The fourth-order valence-electron chi connectivity index (χ4n) is 2.50. The van der Waals surface area contributed by atoms with E-state index in [1.54, 1.807) is 0 Å². The summed E-state index contributed by atoms with van der Waals surface area (Å²) >= 11 is 0. The van der Waals surface area contributed by atoms with Crippen molar-refractivity contribution in [1.82, 2.24) is 4.98 Å². The van der Waals surface area contributed by atoms with Crippen LogP contribution in [0.4, 0.5) is 17.3 Å². The number of nitrogens with zero attached hydrogens (tertiary/aromatic N) is 2. The van der Waals surface area contributed by atoms with Gasteiger partial charge in [0, 0.05) is 24.1 Å². The molecule has 1 saturated carbocycles. The molecule has 2 atom stereocenters. The summed E-state index contributed by atoms with van der Waals surface area (Å²) in [6.45, 7) is 6.78. The molecule has 1 aliphatic carbocycles. The van der Waals surface area contributed by atoms with E-state index in [2.05, 4.69) is 24.1 Å². The van der Waals surface area contributed by atoms with Gasteiger partial charge in [-0.25, -0.2) is 4.98 Å². The average Bonchev–Trinajstić information content (AvgIpc) is 2.37. The Hall–Kier alpha value is -1.89. The molecule has 2 unspecified atom stereocenters. The van der Waals surface area contributed by atoms with Crippen molar-refractivity contribution in [1.29, 1.82) is 0 Å². The molecule has 1 aromatic rings. The number of anilines is 2. The SMILES string of the molecule is CCOC1CC(Nc2nc(N)ccc2[N+](=O)[O-])C1(C)C. The number of ether oxygens (including phenoxy) is 1. The van der Waals surface area contributed by atoms with Gasteiger partial charge in [-0.15, -0.1) is 0 Å². The van der Waals surface area contributed by atoms with E-state index in [4.69, 9.17) is 10.5 Å². The maximum absolute atomic E-state index is 11.0. The minimum atomic E-state index is -0.458. The molecule has 110 valence electrons. The molecular formula is C13H20N4O3. The quantitative estimate of drug-likeness (QED) is 0.633. The first kappa shape index (κ1) is 14.5. The van der Waals surface area contributed by atoms with Crippen LogP contribution in [0.2, 0.25) is 0 Å². The maximum atomic E-state index is 11.0. The van der Waals surface area contributed by atoms with Gasteiger partial charge in [-0.1, -0.05) is 13.8 Å². The average molecular weight is 280 g/mol. The predicted octanol–water partition coefficient (Wildman–Crippen LogP) is 2.19. The Labute approximate surface area is 117 Å². The van der Waals surface area contributed by atoms with Crippen LogP contribution in [0.15, 0.2) is 12.1 Å². The number of nitrogens with one attached hydrogen (secondary N) is 1. The fourth-order valence-corrected chi connectivity index (χ4v) is 2.50. The Morgan fingerprint density at radius 2 is 2.30 bits per heavy atom. The van der Waals surface area contributed by atoms with Gasteiger partial charge in [-0.2, -0.15) is 0 Å². The summed E-state index contributed by atoms with van der Waals surface area (Å²) in [5, 5.41) is 14.1. The normalized spacial score (nSPS) is 23.9. The third-order valence-corrected chi connectivity index (χ3v) is 3.95. The Kier molecular flexibility index (Phi) is 3.80. The molecule has 7 heteroatoms. The van der Waals surface area contributed by atoms with Gasteiger partial charge < -0.3 is 15.8 Å². The highest BCUT2D eigenvalue weighted by Gasteiger charge is 2.49. The number of hydrogen-bond donors (Lipinski definition) is 2. The van der Waals surface area contributed by atoms with Crippen LogP contribution >= 0.6 is 0 Å². The summed E-state index contributed by atoms with van der Waals surface area (Å²) in [7, 11) is 0. The van der Waals surface area contributed by atoms with Crippen LogP contribution in [0.25, 0.3) is 0 Å². The molecule has 3 N–H and O–H groups in total. The van der Waals surface area contributed by atoms with Gasteiger partial charge in [0.05, 0.1) is 11.0 Å². The molecule has 0 bridgehead atoms. The van der Waals surface area contributed by atoms with Crippen molar-refractivity contribution in [2.24, 2.45) is 5.41 Å². The van der Waals surface area contributed by atoms with Gasteiger partial charge in [0.25, 0.3) is 0 Å². The topological polar surface area (TPSA) is 103 Å². The first-order valence-corrected chi connectivity index (χ1v) is 6.65. The van der Waals surface area contributed by atoms with Crippen molar-refractivity contribution in [3.63, 3.8) is 0 Å². The molecule has 20 heavy (non-hydrogen) atoms. The standard InChI is InChI=1S/C13H20N4O3/c1-4-20-10-7-9(13(10,2)3)15-12-8(17(18)19)5-6-11(14)16-12/h5-6,9-10H,4,7H2,1-3H3,(H3,14,15,16). The van der Waals surface area contributed by atoms with Gasteiger partial charge in [-0.3, -0.25) is 10.1 Å². The number of pyridine rings is 1. The largest absolute Gasteiger partial charge is 0.384 e. The second-order valence-electron chi connectivity index (χ2n) is 5.56. The highest BCUT2D eigenvalue weighted by atomic mass is 16.6. The minimum Gasteiger partial charge on any atom is -0.384 e. The summed E-state index contributed by atoms with van der Waals surface area (Å²) in [5.74, 6) is 0.486. The van der Waals surface area contributed by atoms with Crippen LogP contribution < -0.4 is 11.1 Å². The summed E-state index contributed by atoms with van der Waals surface area (Å²) in [6, 6.07) is 2.88. The molecule has 1 fully saturated rings. The second-order valence-corrected chi connectivity index (χ2v) is 5.56. The van der Waals surface area contributed by atoms with E-state index in [0.717, 1.165) is 6.42 Å². The molecule has 0 saturated heterocycles. The number of nitrogen functional groups attached to an aromatic ring is 1. The number of aromatic nitrogens is 1. The zero-order valence-electron chi connectivity index (χ0n) is 11.9. The van der Waals surface area contributed by atoms with Gasteiger partial charge in [0.2, 0.25) is 5.82 Å². The first-order valence-electron chi connectivity index (χ1n) is 6.65. The number of rotatable bonds is 5. The number of nitrogens with two attached hydrogens (primary N) is 1.